The van der Waals surface area contributed by atoms with E-state index in [9.17, 15) is 30.8 Å². The number of alkyl halides is 3. The maximum Gasteiger partial charge on any atom is 0.416 e. The average molecular weight is 433 g/mol. The van der Waals surface area contributed by atoms with Crippen molar-refractivity contribution >= 4 is 16.0 Å². The summed E-state index contributed by atoms with van der Waals surface area (Å²) < 4.78 is 83.7. The number of sulfonamides is 1. The Morgan fingerprint density at radius 1 is 1.10 bits per heavy atom. The smallest absolute Gasteiger partial charge is 0.416 e. The molecular weight excluding hydrogens is 414 g/mol. The summed E-state index contributed by atoms with van der Waals surface area (Å²) in [6, 6.07) is 8.33. The first-order chi connectivity index (χ1) is 13.5. The molecule has 0 aliphatic heterocycles. The Balaban J connectivity index is 2.36. The molecule has 2 aromatic rings. The molecule has 0 fully saturated rings. The van der Waals surface area contributed by atoms with Gasteiger partial charge in [-0.05, 0) is 42.8 Å². The van der Waals surface area contributed by atoms with E-state index < -0.39 is 38.4 Å². The van der Waals surface area contributed by atoms with Gasteiger partial charge in [-0.1, -0.05) is 18.2 Å². The van der Waals surface area contributed by atoms with E-state index in [0.29, 0.717) is 11.6 Å². The number of ether oxygens (including phenoxy) is 1. The first-order valence-corrected chi connectivity index (χ1v) is 10.1. The van der Waals surface area contributed by atoms with E-state index in [1.807, 2.05) is 0 Å². The van der Waals surface area contributed by atoms with Gasteiger partial charge in [0.25, 0.3) is 0 Å². The quantitative estimate of drug-likeness (QED) is 0.467. The van der Waals surface area contributed by atoms with Gasteiger partial charge in [0, 0.05) is 13.1 Å². The topological polar surface area (TPSA) is 63.7 Å². The summed E-state index contributed by atoms with van der Waals surface area (Å²) in [5.41, 5.74) is -0.698. The Bertz CT molecular complexity index is 943. The second kappa shape index (κ2) is 9.36. The molecule has 0 unspecified atom stereocenters. The van der Waals surface area contributed by atoms with Crippen LogP contribution in [0.4, 0.5) is 17.6 Å². The fourth-order valence-corrected chi connectivity index (χ4v) is 3.98. The number of hydrogen-bond acceptors (Lipinski definition) is 4. The second-order valence-electron chi connectivity index (χ2n) is 6.05. The summed E-state index contributed by atoms with van der Waals surface area (Å²) >= 11 is 0. The normalized spacial score (nSPS) is 12.2. The lowest BCUT2D eigenvalue weighted by Crippen LogP contribution is -2.33. The number of benzene rings is 2. The van der Waals surface area contributed by atoms with Gasteiger partial charge in [0.15, 0.2) is 0 Å². The molecule has 0 spiro atoms. The van der Waals surface area contributed by atoms with E-state index in [4.69, 9.17) is 4.74 Å². The van der Waals surface area contributed by atoms with Crippen LogP contribution < -0.4 is 0 Å². The van der Waals surface area contributed by atoms with E-state index >= 15 is 0 Å². The Morgan fingerprint density at radius 3 is 2.34 bits per heavy atom. The van der Waals surface area contributed by atoms with Crippen molar-refractivity contribution in [2.75, 3.05) is 13.2 Å². The van der Waals surface area contributed by atoms with Crippen LogP contribution in [-0.4, -0.2) is 31.8 Å². The van der Waals surface area contributed by atoms with Crippen molar-refractivity contribution in [3.8, 4) is 0 Å². The number of hydrogen-bond donors (Lipinski definition) is 0. The maximum absolute atomic E-state index is 13.1. The first kappa shape index (κ1) is 22.8. The fourth-order valence-electron chi connectivity index (χ4n) is 2.51. The van der Waals surface area contributed by atoms with Gasteiger partial charge in [-0.3, -0.25) is 4.79 Å². The molecule has 0 saturated carbocycles. The van der Waals surface area contributed by atoms with E-state index in [1.165, 1.54) is 12.1 Å². The molecule has 29 heavy (non-hydrogen) atoms. The van der Waals surface area contributed by atoms with Gasteiger partial charge >= 0.3 is 12.1 Å². The van der Waals surface area contributed by atoms with Crippen molar-refractivity contribution in [1.29, 1.82) is 0 Å². The highest BCUT2D eigenvalue weighted by Gasteiger charge is 2.33. The van der Waals surface area contributed by atoms with E-state index in [0.717, 1.165) is 34.6 Å². The number of nitrogens with zero attached hydrogens (tertiary/aromatic N) is 1. The molecule has 2 rings (SSSR count). The molecule has 0 bridgehead atoms. The van der Waals surface area contributed by atoms with Crippen LogP contribution in [0, 0.1) is 5.82 Å². The molecule has 0 saturated heterocycles. The standard InChI is InChI=1S/C19H19F4NO4S/c1-2-28-18(25)10-11-24(13-14-6-8-16(20)9-7-14)29(26,27)17-5-3-4-15(12-17)19(21,22)23/h3-9,12H,2,10-11,13H2,1H3. The van der Waals surface area contributed by atoms with Gasteiger partial charge in [-0.2, -0.15) is 17.5 Å². The van der Waals surface area contributed by atoms with Crippen LogP contribution in [-0.2, 0) is 32.3 Å². The molecule has 0 aliphatic carbocycles. The fraction of sp³-hybridized carbons (Fsp3) is 0.316. The third-order valence-electron chi connectivity index (χ3n) is 3.94. The highest BCUT2D eigenvalue weighted by molar-refractivity contribution is 7.89. The molecule has 0 atom stereocenters. The monoisotopic (exact) mass is 433 g/mol. The Labute approximate surface area is 166 Å². The summed E-state index contributed by atoms with van der Waals surface area (Å²) in [6.45, 7) is 1.14. The minimum absolute atomic E-state index is 0.108. The predicted molar refractivity (Wildman–Crippen MR) is 96.7 cm³/mol. The van der Waals surface area contributed by atoms with Gasteiger partial charge < -0.3 is 4.74 Å². The lowest BCUT2D eigenvalue weighted by Gasteiger charge is -2.22. The van der Waals surface area contributed by atoms with Gasteiger partial charge in [-0.15, -0.1) is 0 Å². The van der Waals surface area contributed by atoms with Crippen LogP contribution >= 0.6 is 0 Å². The van der Waals surface area contributed by atoms with Crippen molar-refractivity contribution in [2.45, 2.75) is 31.0 Å². The zero-order valence-corrected chi connectivity index (χ0v) is 16.3. The van der Waals surface area contributed by atoms with Crippen LogP contribution in [0.25, 0.3) is 0 Å². The molecule has 0 amide bonds. The van der Waals surface area contributed by atoms with Crippen LogP contribution in [0.2, 0.25) is 0 Å². The lowest BCUT2D eigenvalue weighted by molar-refractivity contribution is -0.143. The molecule has 0 aromatic heterocycles. The van der Waals surface area contributed by atoms with Gasteiger partial charge in [0.05, 0.1) is 23.5 Å². The third-order valence-corrected chi connectivity index (χ3v) is 5.78. The SMILES string of the molecule is CCOC(=O)CCN(Cc1ccc(F)cc1)S(=O)(=O)c1cccc(C(F)(F)F)c1. The summed E-state index contributed by atoms with van der Waals surface area (Å²) in [6.07, 6.45) is -4.99. The van der Waals surface area contributed by atoms with Crippen molar-refractivity contribution < 1.29 is 35.5 Å². The number of carbonyl (C=O) groups excluding carboxylic acids is 1. The molecule has 0 aliphatic rings. The third kappa shape index (κ3) is 6.26. The molecule has 0 heterocycles. The minimum atomic E-state index is -4.71. The zero-order valence-electron chi connectivity index (χ0n) is 15.4. The second-order valence-corrected chi connectivity index (χ2v) is 7.98. The lowest BCUT2D eigenvalue weighted by atomic mass is 10.2. The van der Waals surface area contributed by atoms with Crippen LogP contribution in [0.15, 0.2) is 53.4 Å². The van der Waals surface area contributed by atoms with Gasteiger partial charge in [0.2, 0.25) is 10.0 Å². The van der Waals surface area contributed by atoms with E-state index in [1.54, 1.807) is 6.92 Å². The number of rotatable bonds is 8. The molecule has 0 radical (unpaired) electrons. The molecule has 2 aromatic carbocycles. The largest absolute Gasteiger partial charge is 0.466 e. The Kier molecular flexibility index (Phi) is 7.37. The highest BCUT2D eigenvalue weighted by atomic mass is 32.2. The van der Waals surface area contributed by atoms with E-state index in [-0.39, 0.29) is 26.1 Å². The van der Waals surface area contributed by atoms with Crippen LogP contribution in [0.3, 0.4) is 0 Å². The van der Waals surface area contributed by atoms with Crippen LogP contribution in [0.1, 0.15) is 24.5 Å². The summed E-state index contributed by atoms with van der Waals surface area (Å²) in [5, 5.41) is 0. The van der Waals surface area contributed by atoms with Crippen molar-refractivity contribution in [2.24, 2.45) is 0 Å². The minimum Gasteiger partial charge on any atom is -0.466 e. The number of halogens is 4. The molecule has 0 N–H and O–H groups in total. The van der Waals surface area contributed by atoms with Gasteiger partial charge in [-0.25, -0.2) is 12.8 Å². The average Bonchev–Trinajstić information content (AvgIpc) is 2.66. The Hall–Kier alpha value is -2.46. The van der Waals surface area contributed by atoms with Crippen molar-refractivity contribution in [3.05, 3.63) is 65.5 Å². The summed E-state index contributed by atoms with van der Waals surface area (Å²) in [5.74, 6) is -1.16. The number of esters is 1. The highest BCUT2D eigenvalue weighted by Crippen LogP contribution is 2.31. The maximum atomic E-state index is 13.1. The van der Waals surface area contributed by atoms with Gasteiger partial charge in [0.1, 0.15) is 5.82 Å². The zero-order chi connectivity index (χ0) is 21.7. The Morgan fingerprint density at radius 2 is 1.76 bits per heavy atom. The molecule has 10 heteroatoms. The molecule has 158 valence electrons. The summed E-state index contributed by atoms with van der Waals surface area (Å²) in [4.78, 5) is 11.1. The number of carbonyl (C=O) groups is 1. The summed E-state index contributed by atoms with van der Waals surface area (Å²) in [7, 11) is -4.37. The first-order valence-electron chi connectivity index (χ1n) is 8.61. The van der Waals surface area contributed by atoms with Crippen molar-refractivity contribution in [3.63, 3.8) is 0 Å². The molecular formula is C19H19F4NO4S. The predicted octanol–water partition coefficient (Wildman–Crippen LogP) is 3.99. The molecule has 5 nitrogen and oxygen atoms in total. The van der Waals surface area contributed by atoms with E-state index in [2.05, 4.69) is 0 Å². The van der Waals surface area contributed by atoms with Crippen molar-refractivity contribution in [1.82, 2.24) is 4.31 Å². The van der Waals surface area contributed by atoms with Crippen LogP contribution in [0.5, 0.6) is 0 Å².